The van der Waals surface area contributed by atoms with Gasteiger partial charge < -0.3 is 10.2 Å². The second-order valence-corrected chi connectivity index (χ2v) is 6.63. The van der Waals surface area contributed by atoms with Gasteiger partial charge in [0.05, 0.1) is 22.4 Å². The van der Waals surface area contributed by atoms with Crippen molar-refractivity contribution in [3.8, 4) is 0 Å². The summed E-state index contributed by atoms with van der Waals surface area (Å²) in [5.41, 5.74) is 0.921. The number of nitrogens with zero attached hydrogens (tertiary/aromatic N) is 3. The normalized spacial score (nSPS) is 21.6. The monoisotopic (exact) mass is 356 g/mol. The Morgan fingerprint density at radius 2 is 2.00 bits per heavy atom. The molecule has 2 amide bonds. The minimum Gasteiger partial charge on any atom is -0.343 e. The topological polar surface area (TPSA) is 67.2 Å². The maximum Gasteiger partial charge on any atom is 0.246 e. The molecule has 0 radical (unpaired) electrons. The molecule has 1 aliphatic rings. The largest absolute Gasteiger partial charge is 0.343 e. The first kappa shape index (κ1) is 16.0. The lowest BCUT2D eigenvalue weighted by Gasteiger charge is -2.43. The summed E-state index contributed by atoms with van der Waals surface area (Å²) in [6.45, 7) is 10.2. The van der Waals surface area contributed by atoms with Crippen LogP contribution in [0.5, 0.6) is 0 Å². The summed E-state index contributed by atoms with van der Waals surface area (Å²) in [7, 11) is 0. The second kappa shape index (κ2) is 5.44. The Hall–Kier alpha value is -1.37. The standard InChI is InChI=1S/C14H21BrN4O2/c1-6-19-10(11(15)8(2)17-19)7-18-12(20)9(3)16-13(21)14(18,4)5/h9H,6-7H2,1-5H3,(H,16,21). The lowest BCUT2D eigenvalue weighted by Crippen LogP contribution is -2.67. The zero-order valence-corrected chi connectivity index (χ0v) is 14.6. The van der Waals surface area contributed by atoms with E-state index >= 15 is 0 Å². The summed E-state index contributed by atoms with van der Waals surface area (Å²) in [6, 6.07) is -0.497. The van der Waals surface area contributed by atoms with Crippen LogP contribution in [0.1, 0.15) is 39.1 Å². The highest BCUT2D eigenvalue weighted by atomic mass is 79.9. The highest BCUT2D eigenvalue weighted by Gasteiger charge is 2.45. The predicted octanol–water partition coefficient (Wildman–Crippen LogP) is 1.60. The van der Waals surface area contributed by atoms with Crippen LogP contribution in [0.15, 0.2) is 4.47 Å². The molecule has 0 bridgehead atoms. The minimum atomic E-state index is -0.875. The molecular weight excluding hydrogens is 336 g/mol. The Morgan fingerprint density at radius 1 is 1.38 bits per heavy atom. The fourth-order valence-electron chi connectivity index (χ4n) is 2.51. The van der Waals surface area contributed by atoms with Gasteiger partial charge in [0, 0.05) is 6.54 Å². The maximum absolute atomic E-state index is 12.5. The molecule has 0 aliphatic carbocycles. The van der Waals surface area contributed by atoms with Crippen molar-refractivity contribution in [2.75, 3.05) is 0 Å². The molecule has 2 rings (SSSR count). The van der Waals surface area contributed by atoms with Gasteiger partial charge in [0.25, 0.3) is 0 Å². The number of carbonyl (C=O) groups excluding carboxylic acids is 2. The highest BCUT2D eigenvalue weighted by molar-refractivity contribution is 9.10. The predicted molar refractivity (Wildman–Crippen MR) is 82.6 cm³/mol. The second-order valence-electron chi connectivity index (χ2n) is 5.84. The molecule has 6 nitrogen and oxygen atoms in total. The number of nitrogens with one attached hydrogen (secondary N) is 1. The number of aryl methyl sites for hydroxylation is 2. The van der Waals surface area contributed by atoms with E-state index in [0.717, 1.165) is 15.9 Å². The molecule has 0 aromatic carbocycles. The number of rotatable bonds is 3. The number of carbonyl (C=O) groups is 2. The average Bonchev–Trinajstić information content (AvgIpc) is 2.69. The van der Waals surface area contributed by atoms with Crippen molar-refractivity contribution >= 4 is 27.7 Å². The first-order valence-corrected chi connectivity index (χ1v) is 7.83. The van der Waals surface area contributed by atoms with Gasteiger partial charge in [0.1, 0.15) is 11.6 Å². The molecule has 21 heavy (non-hydrogen) atoms. The fourth-order valence-corrected chi connectivity index (χ4v) is 2.92. The molecule has 0 spiro atoms. The van der Waals surface area contributed by atoms with Gasteiger partial charge in [-0.05, 0) is 50.5 Å². The minimum absolute atomic E-state index is 0.0759. The van der Waals surface area contributed by atoms with Gasteiger partial charge >= 0.3 is 0 Å². The number of halogens is 1. The number of aromatic nitrogens is 2. The fraction of sp³-hybridized carbons (Fsp3) is 0.643. The first-order chi connectivity index (χ1) is 9.70. The van der Waals surface area contributed by atoms with Gasteiger partial charge in [-0.2, -0.15) is 5.10 Å². The molecule has 1 saturated heterocycles. The third-order valence-corrected chi connectivity index (χ3v) is 5.01. The van der Waals surface area contributed by atoms with Crippen LogP contribution in [0.4, 0.5) is 0 Å². The molecule has 1 N–H and O–H groups in total. The van der Waals surface area contributed by atoms with Crippen LogP contribution in [0.3, 0.4) is 0 Å². The molecular formula is C14H21BrN4O2. The molecule has 116 valence electrons. The van der Waals surface area contributed by atoms with Crippen LogP contribution in [0, 0.1) is 6.92 Å². The van der Waals surface area contributed by atoms with Crippen LogP contribution in [-0.4, -0.2) is 38.1 Å². The molecule has 1 aliphatic heterocycles. The van der Waals surface area contributed by atoms with Crippen molar-refractivity contribution in [2.45, 2.75) is 59.3 Å². The summed E-state index contributed by atoms with van der Waals surface area (Å²) in [5, 5.41) is 7.16. The number of amides is 2. The molecule has 1 aromatic rings. The number of hydrogen-bond donors (Lipinski definition) is 1. The zero-order valence-electron chi connectivity index (χ0n) is 13.0. The van der Waals surface area contributed by atoms with Crippen LogP contribution in [0.25, 0.3) is 0 Å². The van der Waals surface area contributed by atoms with Gasteiger partial charge in [0.15, 0.2) is 0 Å². The summed E-state index contributed by atoms with van der Waals surface area (Å²) >= 11 is 3.53. The van der Waals surface area contributed by atoms with E-state index in [2.05, 4.69) is 26.3 Å². The van der Waals surface area contributed by atoms with E-state index < -0.39 is 11.6 Å². The lowest BCUT2D eigenvalue weighted by molar-refractivity contribution is -0.155. The zero-order chi connectivity index (χ0) is 15.9. The Bertz CT molecular complexity index is 594. The van der Waals surface area contributed by atoms with Gasteiger partial charge in [-0.25, -0.2) is 0 Å². The van der Waals surface area contributed by atoms with E-state index in [1.165, 1.54) is 0 Å². The molecule has 1 aromatic heterocycles. The van der Waals surface area contributed by atoms with Crippen molar-refractivity contribution in [3.63, 3.8) is 0 Å². The van der Waals surface area contributed by atoms with Crippen molar-refractivity contribution in [2.24, 2.45) is 0 Å². The van der Waals surface area contributed by atoms with E-state index in [9.17, 15) is 9.59 Å². The summed E-state index contributed by atoms with van der Waals surface area (Å²) in [6.07, 6.45) is 0. The third kappa shape index (κ3) is 2.59. The molecule has 0 saturated carbocycles. The SMILES string of the molecule is CCn1nc(C)c(Br)c1CN1C(=O)C(C)NC(=O)C1(C)C. The Labute approximate surface area is 133 Å². The molecule has 7 heteroatoms. The van der Waals surface area contributed by atoms with Gasteiger partial charge in [-0.1, -0.05) is 0 Å². The molecule has 2 heterocycles. The lowest BCUT2D eigenvalue weighted by atomic mass is 9.96. The smallest absolute Gasteiger partial charge is 0.246 e. The first-order valence-electron chi connectivity index (χ1n) is 7.04. The molecule has 1 atom stereocenters. The quantitative estimate of drug-likeness (QED) is 0.894. The molecule has 1 unspecified atom stereocenters. The van der Waals surface area contributed by atoms with Gasteiger partial charge in [0.2, 0.25) is 11.8 Å². The van der Waals surface area contributed by atoms with E-state index in [1.807, 2.05) is 18.5 Å². The van der Waals surface area contributed by atoms with E-state index in [4.69, 9.17) is 0 Å². The van der Waals surface area contributed by atoms with E-state index in [-0.39, 0.29) is 11.8 Å². The summed E-state index contributed by atoms with van der Waals surface area (Å²) in [4.78, 5) is 26.3. The Balaban J connectivity index is 2.41. The van der Waals surface area contributed by atoms with Crippen LogP contribution >= 0.6 is 15.9 Å². The number of piperazine rings is 1. The van der Waals surface area contributed by atoms with E-state index in [0.29, 0.717) is 13.1 Å². The Kier molecular flexibility index (Phi) is 4.15. The van der Waals surface area contributed by atoms with Crippen molar-refractivity contribution in [1.29, 1.82) is 0 Å². The van der Waals surface area contributed by atoms with Crippen LogP contribution < -0.4 is 5.32 Å². The van der Waals surface area contributed by atoms with Crippen LogP contribution in [-0.2, 0) is 22.7 Å². The van der Waals surface area contributed by atoms with Gasteiger partial charge in [-0.15, -0.1) is 0 Å². The number of hydrogen-bond acceptors (Lipinski definition) is 3. The van der Waals surface area contributed by atoms with Crippen molar-refractivity contribution < 1.29 is 9.59 Å². The van der Waals surface area contributed by atoms with Crippen molar-refractivity contribution in [1.82, 2.24) is 20.0 Å². The van der Waals surface area contributed by atoms with Crippen LogP contribution in [0.2, 0.25) is 0 Å². The van der Waals surface area contributed by atoms with Crippen molar-refractivity contribution in [3.05, 3.63) is 15.9 Å². The van der Waals surface area contributed by atoms with E-state index in [1.54, 1.807) is 25.7 Å². The molecule has 1 fully saturated rings. The summed E-state index contributed by atoms with van der Waals surface area (Å²) < 4.78 is 2.76. The maximum atomic E-state index is 12.5. The summed E-state index contributed by atoms with van der Waals surface area (Å²) in [5.74, 6) is -0.210. The van der Waals surface area contributed by atoms with Gasteiger partial charge in [-0.3, -0.25) is 14.3 Å². The Morgan fingerprint density at radius 3 is 2.57 bits per heavy atom. The highest BCUT2D eigenvalue weighted by Crippen LogP contribution is 2.28. The third-order valence-electron chi connectivity index (χ3n) is 3.98. The average molecular weight is 357 g/mol.